The molecule has 3 aromatic carbocycles. The first-order valence-electron chi connectivity index (χ1n) is 11.4. The molecule has 0 unspecified atom stereocenters. The third-order valence-corrected chi connectivity index (χ3v) is 6.28. The van der Waals surface area contributed by atoms with Crippen LogP contribution in [0.25, 0.3) is 0 Å². The van der Waals surface area contributed by atoms with Gasteiger partial charge < -0.3 is 20.3 Å². The van der Waals surface area contributed by atoms with Crippen molar-refractivity contribution in [2.45, 2.75) is 31.5 Å². The second-order valence-electron chi connectivity index (χ2n) is 8.55. The number of benzene rings is 3. The molecule has 1 saturated heterocycles. The van der Waals surface area contributed by atoms with Crippen LogP contribution < -0.4 is 20.3 Å². The first-order chi connectivity index (χ1) is 15.7. The molecule has 5 nitrogen and oxygen atoms in total. The van der Waals surface area contributed by atoms with Crippen LogP contribution in [0.3, 0.4) is 0 Å². The van der Waals surface area contributed by atoms with Crippen LogP contribution in [-0.2, 0) is 11.3 Å². The number of ether oxygens (including phenoxy) is 1. The largest absolute Gasteiger partial charge is 0.497 e. The summed E-state index contributed by atoms with van der Waals surface area (Å²) in [4.78, 5) is 14.9. The summed E-state index contributed by atoms with van der Waals surface area (Å²) >= 11 is 0. The smallest absolute Gasteiger partial charge is 0.287 e. The van der Waals surface area contributed by atoms with E-state index in [1.807, 2.05) is 54.6 Å². The number of hydrogen-bond acceptors (Lipinski definition) is 2. The topological polar surface area (TPSA) is 59.4 Å². The number of nitrogens with two attached hydrogens (primary N) is 1. The Morgan fingerprint density at radius 3 is 2.38 bits per heavy atom. The van der Waals surface area contributed by atoms with Crippen molar-refractivity contribution >= 4 is 11.6 Å². The molecule has 166 valence electrons. The summed E-state index contributed by atoms with van der Waals surface area (Å²) < 4.78 is 5.29. The molecule has 4 rings (SSSR count). The molecule has 0 aliphatic carbocycles. The lowest BCUT2D eigenvalue weighted by Crippen LogP contribution is -3.13. The van der Waals surface area contributed by atoms with Gasteiger partial charge in [0.2, 0.25) is 0 Å². The van der Waals surface area contributed by atoms with Gasteiger partial charge in [-0.15, -0.1) is 0 Å². The van der Waals surface area contributed by atoms with Gasteiger partial charge in [0.1, 0.15) is 12.3 Å². The SMILES string of the molecule is COc1cccc(NC(=O)[C@H]([NH2+]C2CC[NH+](Cc3ccccc3)CC2)c2ccccc2)c1. The predicted octanol–water partition coefficient (Wildman–Crippen LogP) is 2.19. The van der Waals surface area contributed by atoms with Gasteiger partial charge in [-0.2, -0.15) is 0 Å². The Kier molecular flexibility index (Phi) is 7.54. The second-order valence-corrected chi connectivity index (χ2v) is 8.55. The first-order valence-corrected chi connectivity index (χ1v) is 11.4. The Balaban J connectivity index is 1.40. The molecule has 1 amide bonds. The maximum absolute atomic E-state index is 13.3. The van der Waals surface area contributed by atoms with E-state index < -0.39 is 0 Å². The molecule has 0 bridgehead atoms. The average Bonchev–Trinajstić information content (AvgIpc) is 2.85. The minimum Gasteiger partial charge on any atom is -0.497 e. The summed E-state index contributed by atoms with van der Waals surface area (Å²) in [6, 6.07) is 28.5. The van der Waals surface area contributed by atoms with E-state index in [0.717, 1.165) is 49.5 Å². The maximum Gasteiger partial charge on any atom is 0.287 e. The Hall–Kier alpha value is -3.15. The molecule has 0 saturated carbocycles. The molecule has 4 N–H and O–H groups in total. The first kappa shape index (κ1) is 22.1. The van der Waals surface area contributed by atoms with E-state index in [4.69, 9.17) is 4.74 Å². The highest BCUT2D eigenvalue weighted by Crippen LogP contribution is 2.19. The van der Waals surface area contributed by atoms with Crippen LogP contribution in [0.2, 0.25) is 0 Å². The Morgan fingerprint density at radius 2 is 1.69 bits per heavy atom. The quantitative estimate of drug-likeness (QED) is 0.512. The molecule has 3 aromatic rings. The molecule has 0 spiro atoms. The average molecular weight is 432 g/mol. The number of methoxy groups -OCH3 is 1. The lowest BCUT2D eigenvalue weighted by molar-refractivity contribution is -0.926. The number of likely N-dealkylation sites (tertiary alicyclic amines) is 1. The molecule has 1 fully saturated rings. The molecular weight excluding hydrogens is 398 g/mol. The van der Waals surface area contributed by atoms with Gasteiger partial charge in [0, 0.05) is 35.7 Å². The number of quaternary nitrogens is 2. The molecule has 5 heteroatoms. The lowest BCUT2D eigenvalue weighted by atomic mass is 9.99. The molecular formula is C27H33N3O2+2. The van der Waals surface area contributed by atoms with E-state index in [9.17, 15) is 4.79 Å². The van der Waals surface area contributed by atoms with Gasteiger partial charge in [-0.1, -0.05) is 66.7 Å². The number of rotatable bonds is 8. The summed E-state index contributed by atoms with van der Waals surface area (Å²) in [5, 5.41) is 5.36. The van der Waals surface area contributed by atoms with Crippen molar-refractivity contribution in [2.75, 3.05) is 25.5 Å². The van der Waals surface area contributed by atoms with E-state index in [1.54, 1.807) is 12.0 Å². The van der Waals surface area contributed by atoms with Gasteiger partial charge in [0.25, 0.3) is 5.91 Å². The molecule has 0 radical (unpaired) electrons. The number of anilines is 1. The lowest BCUT2D eigenvalue weighted by Gasteiger charge is -2.30. The number of hydrogen-bond donors (Lipinski definition) is 3. The molecule has 32 heavy (non-hydrogen) atoms. The van der Waals surface area contributed by atoms with Crippen molar-refractivity contribution < 1.29 is 19.7 Å². The fourth-order valence-corrected chi connectivity index (χ4v) is 4.51. The predicted molar refractivity (Wildman–Crippen MR) is 127 cm³/mol. The van der Waals surface area contributed by atoms with Crippen LogP contribution in [0, 0.1) is 0 Å². The highest BCUT2D eigenvalue weighted by Gasteiger charge is 2.31. The number of carbonyl (C=O) groups excluding carboxylic acids is 1. The van der Waals surface area contributed by atoms with Crippen molar-refractivity contribution in [3.8, 4) is 5.75 Å². The fraction of sp³-hybridized carbons (Fsp3) is 0.296. The van der Waals surface area contributed by atoms with Gasteiger partial charge >= 0.3 is 0 Å². The van der Waals surface area contributed by atoms with Crippen molar-refractivity contribution in [1.82, 2.24) is 0 Å². The number of amides is 1. The minimum atomic E-state index is -0.275. The van der Waals surface area contributed by atoms with Gasteiger partial charge in [-0.25, -0.2) is 0 Å². The van der Waals surface area contributed by atoms with Crippen LogP contribution in [0.1, 0.15) is 30.0 Å². The van der Waals surface area contributed by atoms with E-state index >= 15 is 0 Å². The molecule has 1 aliphatic heterocycles. The third kappa shape index (κ3) is 5.96. The monoisotopic (exact) mass is 431 g/mol. The van der Waals surface area contributed by atoms with E-state index in [0.29, 0.717) is 6.04 Å². The van der Waals surface area contributed by atoms with Gasteiger partial charge in [0.05, 0.1) is 26.2 Å². The zero-order valence-electron chi connectivity index (χ0n) is 18.7. The van der Waals surface area contributed by atoms with Gasteiger partial charge in [-0.3, -0.25) is 4.79 Å². The van der Waals surface area contributed by atoms with Crippen LogP contribution in [0.5, 0.6) is 5.75 Å². The molecule has 1 atom stereocenters. The number of nitrogens with one attached hydrogen (secondary N) is 2. The van der Waals surface area contributed by atoms with Crippen LogP contribution >= 0.6 is 0 Å². The van der Waals surface area contributed by atoms with E-state index in [1.165, 1.54) is 5.56 Å². The van der Waals surface area contributed by atoms with E-state index in [-0.39, 0.29) is 11.9 Å². The van der Waals surface area contributed by atoms with Crippen LogP contribution in [-0.4, -0.2) is 32.1 Å². The summed E-state index contributed by atoms with van der Waals surface area (Å²) in [6.07, 6.45) is 2.22. The third-order valence-electron chi connectivity index (χ3n) is 6.28. The minimum absolute atomic E-state index is 0.00325. The Labute approximate surface area is 190 Å². The Morgan fingerprint density at radius 1 is 1.00 bits per heavy atom. The van der Waals surface area contributed by atoms with E-state index in [2.05, 4.69) is 41.0 Å². The summed E-state index contributed by atoms with van der Waals surface area (Å²) in [5.74, 6) is 0.736. The number of piperidine rings is 1. The van der Waals surface area contributed by atoms with Gasteiger partial charge in [0.15, 0.2) is 6.04 Å². The van der Waals surface area contributed by atoms with Crippen molar-refractivity contribution in [3.63, 3.8) is 0 Å². The highest BCUT2D eigenvalue weighted by atomic mass is 16.5. The molecule has 1 aliphatic rings. The fourth-order valence-electron chi connectivity index (χ4n) is 4.51. The van der Waals surface area contributed by atoms with Crippen LogP contribution in [0.15, 0.2) is 84.9 Å². The van der Waals surface area contributed by atoms with Crippen LogP contribution in [0.4, 0.5) is 5.69 Å². The molecule has 1 heterocycles. The highest BCUT2D eigenvalue weighted by molar-refractivity contribution is 5.94. The standard InChI is InChI=1S/C27H31N3O2/c1-32-25-14-8-13-24(19-25)29-27(31)26(22-11-6-3-7-12-22)28-23-15-17-30(18-16-23)20-21-9-4-2-5-10-21/h2-14,19,23,26,28H,15-18,20H2,1H3,(H,29,31)/p+2/t26-/m1/s1. The summed E-state index contributed by atoms with van der Waals surface area (Å²) in [7, 11) is 1.63. The van der Waals surface area contributed by atoms with Crippen molar-refractivity contribution in [2.24, 2.45) is 0 Å². The zero-order chi connectivity index (χ0) is 22.2. The van der Waals surface area contributed by atoms with Crippen molar-refractivity contribution in [3.05, 3.63) is 96.1 Å². The second kappa shape index (κ2) is 10.9. The Bertz CT molecular complexity index is 986. The zero-order valence-corrected chi connectivity index (χ0v) is 18.7. The number of carbonyl (C=O) groups is 1. The normalized spacial score (nSPS) is 19.2. The van der Waals surface area contributed by atoms with Crippen molar-refractivity contribution in [1.29, 1.82) is 0 Å². The summed E-state index contributed by atoms with van der Waals surface area (Å²) in [6.45, 7) is 3.34. The van der Waals surface area contributed by atoms with Gasteiger partial charge in [-0.05, 0) is 12.1 Å². The molecule has 0 aromatic heterocycles. The summed E-state index contributed by atoms with van der Waals surface area (Å²) in [5.41, 5.74) is 3.18. The maximum atomic E-state index is 13.3.